The molecule has 0 unspecified atom stereocenters. The summed E-state index contributed by atoms with van der Waals surface area (Å²) in [5.74, 6) is -0.0942. The van der Waals surface area contributed by atoms with Crippen molar-refractivity contribution in [1.29, 1.82) is 0 Å². The van der Waals surface area contributed by atoms with Crippen molar-refractivity contribution < 1.29 is 9.42 Å². The first kappa shape index (κ1) is 15.4. The second-order valence-corrected chi connectivity index (χ2v) is 5.60. The monoisotopic (exact) mass is 312 g/mol. The zero-order chi connectivity index (χ0) is 16.1. The molecule has 0 saturated carbocycles. The fourth-order valence-electron chi connectivity index (χ4n) is 2.61. The molecule has 1 fully saturated rings. The van der Waals surface area contributed by atoms with E-state index in [0.29, 0.717) is 24.5 Å². The number of hydrogen-bond acceptors (Lipinski definition) is 5. The molecule has 0 bridgehead atoms. The largest absolute Gasteiger partial charge is 0.335 e. The maximum Gasteiger partial charge on any atom is 0.278 e. The van der Waals surface area contributed by atoms with E-state index in [0.717, 1.165) is 19.6 Å². The predicted octanol–water partition coefficient (Wildman–Crippen LogP) is 1.85. The molecule has 1 aromatic carbocycles. The fourth-order valence-corrected chi connectivity index (χ4v) is 2.61. The first-order valence-corrected chi connectivity index (χ1v) is 7.76. The summed E-state index contributed by atoms with van der Waals surface area (Å²) in [6.45, 7) is 5.73. The molecule has 3 rings (SSSR count). The number of aryl methyl sites for hydroxylation is 1. The van der Waals surface area contributed by atoms with Crippen LogP contribution in [0.1, 0.15) is 21.7 Å². The zero-order valence-corrected chi connectivity index (χ0v) is 13.2. The summed E-state index contributed by atoms with van der Waals surface area (Å²) in [6, 6.07) is 10.2. The van der Waals surface area contributed by atoms with Crippen molar-refractivity contribution in [2.24, 2.45) is 0 Å². The Labute approximate surface area is 135 Å². The van der Waals surface area contributed by atoms with Gasteiger partial charge in [0.25, 0.3) is 5.91 Å². The van der Waals surface area contributed by atoms with Crippen LogP contribution in [-0.2, 0) is 0 Å². The van der Waals surface area contributed by atoms with Crippen molar-refractivity contribution >= 4 is 12.0 Å². The molecule has 1 aromatic heterocycles. The van der Waals surface area contributed by atoms with Gasteiger partial charge in [-0.25, -0.2) is 4.63 Å². The summed E-state index contributed by atoms with van der Waals surface area (Å²) in [4.78, 5) is 16.5. The molecule has 120 valence electrons. The first-order valence-electron chi connectivity index (χ1n) is 7.76. The van der Waals surface area contributed by atoms with Crippen LogP contribution in [0.2, 0.25) is 0 Å². The Balaban J connectivity index is 1.48. The minimum absolute atomic E-state index is 0.0942. The van der Waals surface area contributed by atoms with Gasteiger partial charge in [-0.1, -0.05) is 47.6 Å². The summed E-state index contributed by atoms with van der Waals surface area (Å²) >= 11 is 0. The van der Waals surface area contributed by atoms with Gasteiger partial charge in [-0.2, -0.15) is 0 Å². The molecular formula is C17H20N4O2. The van der Waals surface area contributed by atoms with Crippen molar-refractivity contribution in [1.82, 2.24) is 20.1 Å². The van der Waals surface area contributed by atoms with Crippen LogP contribution in [0.3, 0.4) is 0 Å². The highest BCUT2D eigenvalue weighted by Gasteiger charge is 2.25. The van der Waals surface area contributed by atoms with Crippen LogP contribution in [0.25, 0.3) is 6.08 Å². The number of nitrogens with zero attached hydrogens (tertiary/aromatic N) is 4. The molecule has 2 aromatic rings. The van der Waals surface area contributed by atoms with Gasteiger partial charge in [0.05, 0.1) is 0 Å². The molecule has 1 saturated heterocycles. The van der Waals surface area contributed by atoms with E-state index >= 15 is 0 Å². The molecule has 2 heterocycles. The highest BCUT2D eigenvalue weighted by atomic mass is 16.6. The first-order chi connectivity index (χ1) is 11.2. The summed E-state index contributed by atoms with van der Waals surface area (Å²) < 4.78 is 4.61. The lowest BCUT2D eigenvalue weighted by Gasteiger charge is -2.33. The SMILES string of the molecule is Cc1nonc1C(=O)N1CCN(C/C=C/c2ccccc2)CC1. The van der Waals surface area contributed by atoms with Crippen molar-refractivity contribution in [2.45, 2.75) is 6.92 Å². The van der Waals surface area contributed by atoms with Crippen LogP contribution in [0.4, 0.5) is 0 Å². The molecule has 1 aliphatic rings. The fraction of sp³-hybridized carbons (Fsp3) is 0.353. The zero-order valence-electron chi connectivity index (χ0n) is 13.2. The minimum Gasteiger partial charge on any atom is -0.335 e. The summed E-state index contributed by atoms with van der Waals surface area (Å²) in [6.07, 6.45) is 4.29. The van der Waals surface area contributed by atoms with Gasteiger partial charge >= 0.3 is 0 Å². The third-order valence-corrected chi connectivity index (χ3v) is 3.99. The van der Waals surface area contributed by atoms with Crippen LogP contribution < -0.4 is 0 Å². The Bertz CT molecular complexity index is 673. The van der Waals surface area contributed by atoms with Crippen LogP contribution >= 0.6 is 0 Å². The maximum absolute atomic E-state index is 12.3. The minimum atomic E-state index is -0.0942. The van der Waals surface area contributed by atoms with Gasteiger partial charge in [0.15, 0.2) is 5.69 Å². The van der Waals surface area contributed by atoms with Gasteiger partial charge in [0.1, 0.15) is 5.69 Å². The Hall–Kier alpha value is -2.47. The van der Waals surface area contributed by atoms with E-state index in [4.69, 9.17) is 0 Å². The van der Waals surface area contributed by atoms with Crippen LogP contribution in [0.15, 0.2) is 41.0 Å². The highest BCUT2D eigenvalue weighted by Crippen LogP contribution is 2.10. The molecule has 0 aliphatic carbocycles. The number of amides is 1. The molecule has 0 atom stereocenters. The second-order valence-electron chi connectivity index (χ2n) is 5.60. The lowest BCUT2D eigenvalue weighted by atomic mass is 10.2. The number of piperazine rings is 1. The highest BCUT2D eigenvalue weighted by molar-refractivity contribution is 5.93. The lowest BCUT2D eigenvalue weighted by molar-refractivity contribution is 0.0639. The van der Waals surface area contributed by atoms with Gasteiger partial charge in [-0.15, -0.1) is 0 Å². The topological polar surface area (TPSA) is 62.5 Å². The van der Waals surface area contributed by atoms with E-state index in [2.05, 4.69) is 44.1 Å². The molecule has 0 N–H and O–H groups in total. The number of rotatable bonds is 4. The molecule has 1 aliphatic heterocycles. The lowest BCUT2D eigenvalue weighted by Crippen LogP contribution is -2.48. The van der Waals surface area contributed by atoms with Crippen LogP contribution in [0, 0.1) is 6.92 Å². The third kappa shape index (κ3) is 3.84. The Kier molecular flexibility index (Phi) is 4.83. The van der Waals surface area contributed by atoms with E-state index < -0.39 is 0 Å². The van der Waals surface area contributed by atoms with Crippen molar-refractivity contribution in [3.05, 3.63) is 53.4 Å². The quantitative estimate of drug-likeness (QED) is 0.862. The molecular weight excluding hydrogens is 292 g/mol. The number of hydrogen-bond donors (Lipinski definition) is 0. The number of carbonyl (C=O) groups excluding carboxylic acids is 1. The Morgan fingerprint density at radius 3 is 2.57 bits per heavy atom. The summed E-state index contributed by atoms with van der Waals surface area (Å²) in [5, 5.41) is 7.35. The number of aromatic nitrogens is 2. The van der Waals surface area contributed by atoms with E-state index in [9.17, 15) is 4.79 Å². The van der Waals surface area contributed by atoms with E-state index in [1.165, 1.54) is 5.56 Å². The Morgan fingerprint density at radius 2 is 1.91 bits per heavy atom. The van der Waals surface area contributed by atoms with Gasteiger partial charge < -0.3 is 4.90 Å². The maximum atomic E-state index is 12.3. The molecule has 23 heavy (non-hydrogen) atoms. The van der Waals surface area contributed by atoms with Gasteiger partial charge in [0.2, 0.25) is 0 Å². The third-order valence-electron chi connectivity index (χ3n) is 3.99. The van der Waals surface area contributed by atoms with Crippen molar-refractivity contribution in [3.63, 3.8) is 0 Å². The molecule has 0 spiro atoms. The van der Waals surface area contributed by atoms with Crippen LogP contribution in [-0.4, -0.2) is 58.7 Å². The summed E-state index contributed by atoms with van der Waals surface area (Å²) in [5.41, 5.74) is 2.07. The van der Waals surface area contributed by atoms with E-state index in [1.54, 1.807) is 6.92 Å². The predicted molar refractivity (Wildman–Crippen MR) is 86.9 cm³/mol. The standard InChI is InChI=1S/C17H20N4O2/c1-14-16(19-23-18-14)17(22)21-12-10-20(11-13-21)9-5-8-15-6-3-2-4-7-15/h2-8H,9-13H2,1H3/b8-5+. The smallest absolute Gasteiger partial charge is 0.278 e. The second kappa shape index (κ2) is 7.19. The van der Waals surface area contributed by atoms with Gasteiger partial charge in [0, 0.05) is 32.7 Å². The molecule has 6 nitrogen and oxygen atoms in total. The van der Waals surface area contributed by atoms with Crippen molar-refractivity contribution in [3.8, 4) is 0 Å². The summed E-state index contributed by atoms with van der Waals surface area (Å²) in [7, 11) is 0. The number of benzene rings is 1. The normalized spacial score (nSPS) is 16.1. The van der Waals surface area contributed by atoms with Crippen LogP contribution in [0.5, 0.6) is 0 Å². The van der Waals surface area contributed by atoms with Gasteiger partial charge in [-0.3, -0.25) is 9.69 Å². The van der Waals surface area contributed by atoms with Crippen molar-refractivity contribution in [2.75, 3.05) is 32.7 Å². The number of carbonyl (C=O) groups is 1. The van der Waals surface area contributed by atoms with E-state index in [1.807, 2.05) is 23.1 Å². The van der Waals surface area contributed by atoms with E-state index in [-0.39, 0.29) is 5.91 Å². The molecule has 6 heteroatoms. The molecule has 0 radical (unpaired) electrons. The average molecular weight is 312 g/mol. The molecule has 1 amide bonds. The average Bonchev–Trinajstić information content (AvgIpc) is 3.02. The Morgan fingerprint density at radius 1 is 1.17 bits per heavy atom. The van der Waals surface area contributed by atoms with Gasteiger partial charge in [-0.05, 0) is 17.6 Å².